The number of carbonyl (C=O) groups excluding carboxylic acids is 1. The maximum absolute atomic E-state index is 12.2. The third-order valence-electron chi connectivity index (χ3n) is 4.02. The molecule has 0 spiro atoms. The normalized spacial score (nSPS) is 21.6. The van der Waals surface area contributed by atoms with Gasteiger partial charge in [-0.15, -0.1) is 0 Å². The zero-order valence-electron chi connectivity index (χ0n) is 12.2. The molecular formula is C16H24N2O2. The number of benzene rings is 1. The molecule has 1 amide bonds. The highest BCUT2D eigenvalue weighted by molar-refractivity contribution is 5.83. The van der Waals surface area contributed by atoms with Crippen LogP contribution in [0.3, 0.4) is 0 Å². The summed E-state index contributed by atoms with van der Waals surface area (Å²) in [5.74, 6) is 1.06. The molecule has 1 unspecified atom stereocenters. The van der Waals surface area contributed by atoms with Gasteiger partial charge >= 0.3 is 0 Å². The maximum atomic E-state index is 12.2. The van der Waals surface area contributed by atoms with Gasteiger partial charge < -0.3 is 15.4 Å². The Labute approximate surface area is 120 Å². The summed E-state index contributed by atoms with van der Waals surface area (Å²) in [6.07, 6.45) is 2.66. The number of amides is 1. The van der Waals surface area contributed by atoms with Crippen molar-refractivity contribution in [2.45, 2.75) is 26.2 Å². The quantitative estimate of drug-likeness (QED) is 0.749. The first-order valence-electron chi connectivity index (χ1n) is 7.44. The number of ether oxygens (including phenoxy) is 1. The largest absolute Gasteiger partial charge is 0.494 e. The molecule has 1 heterocycles. The molecule has 1 atom stereocenters. The van der Waals surface area contributed by atoms with Crippen LogP contribution in [0.15, 0.2) is 30.3 Å². The van der Waals surface area contributed by atoms with Gasteiger partial charge in [-0.3, -0.25) is 4.79 Å². The van der Waals surface area contributed by atoms with Gasteiger partial charge in [0.1, 0.15) is 5.75 Å². The standard InChI is InChI=1S/C16H24N2O2/c1-2-16(9-11-17-13-16)15(19)18-10-6-12-20-14-7-4-3-5-8-14/h3-5,7-8,17H,2,6,9-13H2,1H3,(H,18,19). The number of para-hydroxylation sites is 1. The third kappa shape index (κ3) is 3.73. The molecule has 0 aromatic heterocycles. The Kier molecular flexibility index (Phi) is 5.41. The van der Waals surface area contributed by atoms with Gasteiger partial charge in [-0.25, -0.2) is 0 Å². The molecule has 2 rings (SSSR count). The van der Waals surface area contributed by atoms with Crippen molar-refractivity contribution < 1.29 is 9.53 Å². The first kappa shape index (κ1) is 14.9. The zero-order valence-corrected chi connectivity index (χ0v) is 12.2. The minimum Gasteiger partial charge on any atom is -0.494 e. The first-order valence-corrected chi connectivity index (χ1v) is 7.44. The molecule has 1 saturated heterocycles. The molecule has 1 aliphatic heterocycles. The van der Waals surface area contributed by atoms with Crippen LogP contribution >= 0.6 is 0 Å². The minimum absolute atomic E-state index is 0.185. The van der Waals surface area contributed by atoms with Crippen LogP contribution in [0.4, 0.5) is 0 Å². The summed E-state index contributed by atoms with van der Waals surface area (Å²) < 4.78 is 5.60. The molecule has 0 saturated carbocycles. The van der Waals surface area contributed by atoms with E-state index in [1.807, 2.05) is 30.3 Å². The lowest BCUT2D eigenvalue weighted by Gasteiger charge is -2.25. The van der Waals surface area contributed by atoms with Gasteiger partial charge in [0.25, 0.3) is 0 Å². The average molecular weight is 276 g/mol. The highest BCUT2D eigenvalue weighted by Crippen LogP contribution is 2.29. The Morgan fingerprint density at radius 2 is 2.20 bits per heavy atom. The predicted octanol–water partition coefficient (Wildman–Crippen LogP) is 1.96. The summed E-state index contributed by atoms with van der Waals surface area (Å²) in [6.45, 7) is 5.13. The summed E-state index contributed by atoms with van der Waals surface area (Å²) in [6, 6.07) is 9.75. The molecule has 20 heavy (non-hydrogen) atoms. The predicted molar refractivity (Wildman–Crippen MR) is 79.8 cm³/mol. The maximum Gasteiger partial charge on any atom is 0.227 e. The van der Waals surface area contributed by atoms with E-state index in [1.165, 1.54) is 0 Å². The second kappa shape index (κ2) is 7.29. The van der Waals surface area contributed by atoms with Crippen LogP contribution in [0, 0.1) is 5.41 Å². The second-order valence-electron chi connectivity index (χ2n) is 5.33. The van der Waals surface area contributed by atoms with Crippen molar-refractivity contribution >= 4 is 5.91 Å². The molecule has 110 valence electrons. The lowest BCUT2D eigenvalue weighted by atomic mass is 9.83. The van der Waals surface area contributed by atoms with Crippen LogP contribution in [0.1, 0.15) is 26.2 Å². The van der Waals surface area contributed by atoms with Crippen LogP contribution in [0.2, 0.25) is 0 Å². The van der Waals surface area contributed by atoms with Gasteiger partial charge in [-0.2, -0.15) is 0 Å². The molecule has 4 nitrogen and oxygen atoms in total. The van der Waals surface area contributed by atoms with Crippen LogP contribution in [-0.2, 0) is 4.79 Å². The Hall–Kier alpha value is -1.55. The molecule has 1 aromatic rings. The van der Waals surface area contributed by atoms with E-state index < -0.39 is 0 Å². The van der Waals surface area contributed by atoms with Crippen LogP contribution in [0.25, 0.3) is 0 Å². The number of carbonyl (C=O) groups is 1. The van der Waals surface area contributed by atoms with E-state index in [9.17, 15) is 4.79 Å². The van der Waals surface area contributed by atoms with Gasteiger partial charge in [0.2, 0.25) is 5.91 Å². The fourth-order valence-electron chi connectivity index (χ4n) is 2.57. The van der Waals surface area contributed by atoms with Crippen molar-refractivity contribution in [1.82, 2.24) is 10.6 Å². The lowest BCUT2D eigenvalue weighted by Crippen LogP contribution is -2.42. The fourth-order valence-corrected chi connectivity index (χ4v) is 2.57. The highest BCUT2D eigenvalue weighted by atomic mass is 16.5. The van der Waals surface area contributed by atoms with E-state index in [2.05, 4.69) is 17.6 Å². The average Bonchev–Trinajstić information content (AvgIpc) is 2.98. The van der Waals surface area contributed by atoms with Crippen molar-refractivity contribution in [1.29, 1.82) is 0 Å². The number of hydrogen-bond acceptors (Lipinski definition) is 3. The van der Waals surface area contributed by atoms with Gasteiger partial charge in [-0.05, 0) is 37.9 Å². The molecular weight excluding hydrogens is 252 g/mol. The van der Waals surface area contributed by atoms with Gasteiger partial charge in [0.05, 0.1) is 12.0 Å². The Bertz CT molecular complexity index is 414. The van der Waals surface area contributed by atoms with Crippen LogP contribution in [-0.4, -0.2) is 32.1 Å². The molecule has 1 aromatic carbocycles. The second-order valence-corrected chi connectivity index (χ2v) is 5.33. The number of nitrogens with one attached hydrogen (secondary N) is 2. The minimum atomic E-state index is -0.194. The van der Waals surface area contributed by atoms with Crippen molar-refractivity contribution in [2.75, 3.05) is 26.2 Å². The molecule has 0 aliphatic carbocycles. The molecule has 1 aliphatic rings. The monoisotopic (exact) mass is 276 g/mol. The Morgan fingerprint density at radius 1 is 1.40 bits per heavy atom. The van der Waals surface area contributed by atoms with Crippen LogP contribution in [0.5, 0.6) is 5.75 Å². The lowest BCUT2D eigenvalue weighted by molar-refractivity contribution is -0.130. The number of hydrogen-bond donors (Lipinski definition) is 2. The summed E-state index contributed by atoms with van der Waals surface area (Å²) in [5, 5.41) is 6.33. The Balaban J connectivity index is 1.64. The summed E-state index contributed by atoms with van der Waals surface area (Å²) >= 11 is 0. The molecule has 2 N–H and O–H groups in total. The first-order chi connectivity index (χ1) is 9.77. The number of rotatable bonds is 7. The highest BCUT2D eigenvalue weighted by Gasteiger charge is 2.38. The van der Waals surface area contributed by atoms with Crippen LogP contribution < -0.4 is 15.4 Å². The Morgan fingerprint density at radius 3 is 2.85 bits per heavy atom. The fraction of sp³-hybridized carbons (Fsp3) is 0.562. The molecule has 0 radical (unpaired) electrons. The van der Waals surface area contributed by atoms with E-state index >= 15 is 0 Å². The molecule has 0 bridgehead atoms. The third-order valence-corrected chi connectivity index (χ3v) is 4.02. The summed E-state index contributed by atoms with van der Waals surface area (Å²) in [7, 11) is 0. The molecule has 1 fully saturated rings. The van der Waals surface area contributed by atoms with Gasteiger partial charge in [-0.1, -0.05) is 25.1 Å². The van der Waals surface area contributed by atoms with E-state index in [0.717, 1.165) is 38.1 Å². The van der Waals surface area contributed by atoms with E-state index in [4.69, 9.17) is 4.74 Å². The zero-order chi connectivity index (χ0) is 14.3. The topological polar surface area (TPSA) is 50.4 Å². The van der Waals surface area contributed by atoms with Gasteiger partial charge in [0.15, 0.2) is 0 Å². The van der Waals surface area contributed by atoms with Crippen molar-refractivity contribution in [2.24, 2.45) is 5.41 Å². The van der Waals surface area contributed by atoms with Gasteiger partial charge in [0, 0.05) is 13.1 Å². The van der Waals surface area contributed by atoms with E-state index in [-0.39, 0.29) is 11.3 Å². The van der Waals surface area contributed by atoms with E-state index in [0.29, 0.717) is 13.2 Å². The smallest absolute Gasteiger partial charge is 0.227 e. The summed E-state index contributed by atoms with van der Waals surface area (Å²) in [4.78, 5) is 12.2. The summed E-state index contributed by atoms with van der Waals surface area (Å²) in [5.41, 5.74) is -0.194. The van der Waals surface area contributed by atoms with Crippen molar-refractivity contribution in [3.63, 3.8) is 0 Å². The van der Waals surface area contributed by atoms with Crippen molar-refractivity contribution in [3.05, 3.63) is 30.3 Å². The molecule has 4 heteroatoms. The SMILES string of the molecule is CCC1(C(=O)NCCCOc2ccccc2)CCNC1. The van der Waals surface area contributed by atoms with E-state index in [1.54, 1.807) is 0 Å². The van der Waals surface area contributed by atoms with Crippen molar-refractivity contribution in [3.8, 4) is 5.75 Å².